The van der Waals surface area contributed by atoms with Crippen LogP contribution in [0.15, 0.2) is 16.6 Å². The number of hydrogen-bond acceptors (Lipinski definition) is 2. The largest absolute Gasteiger partial charge is 0.378 e. The van der Waals surface area contributed by atoms with E-state index in [4.69, 9.17) is 4.74 Å². The average molecular weight is 270 g/mol. The third-order valence-electron chi connectivity index (χ3n) is 2.75. The molecule has 1 aliphatic heterocycles. The van der Waals surface area contributed by atoms with Gasteiger partial charge < -0.3 is 10.1 Å². The van der Waals surface area contributed by atoms with E-state index in [0.29, 0.717) is 6.04 Å². The fourth-order valence-electron chi connectivity index (χ4n) is 2.12. The van der Waals surface area contributed by atoms with Crippen LogP contribution in [0.4, 0.5) is 0 Å². The van der Waals surface area contributed by atoms with Crippen molar-refractivity contribution in [3.63, 3.8) is 0 Å². The molecule has 3 heteroatoms. The molecular weight excluding hydrogens is 254 g/mol. The summed E-state index contributed by atoms with van der Waals surface area (Å²) in [6.45, 7) is 6.79. The molecule has 2 rings (SSSR count). The van der Waals surface area contributed by atoms with Crippen LogP contribution in [0.3, 0.4) is 0 Å². The van der Waals surface area contributed by atoms with Crippen LogP contribution >= 0.6 is 15.9 Å². The van der Waals surface area contributed by atoms with Gasteiger partial charge in [0.1, 0.15) is 0 Å². The Labute approximate surface area is 99.1 Å². The van der Waals surface area contributed by atoms with Gasteiger partial charge in [0.05, 0.1) is 19.3 Å². The van der Waals surface area contributed by atoms with Gasteiger partial charge in [-0.15, -0.1) is 0 Å². The zero-order valence-corrected chi connectivity index (χ0v) is 10.7. The van der Waals surface area contributed by atoms with E-state index in [-0.39, 0.29) is 0 Å². The molecular formula is C12H16BrNO. The molecule has 0 aromatic heterocycles. The highest BCUT2D eigenvalue weighted by Crippen LogP contribution is 2.29. The van der Waals surface area contributed by atoms with E-state index in [1.54, 1.807) is 0 Å². The minimum absolute atomic E-state index is 0.328. The Bertz CT molecular complexity index is 336. The second kappa shape index (κ2) is 4.64. The molecule has 0 radical (unpaired) electrons. The monoisotopic (exact) mass is 269 g/mol. The fourth-order valence-corrected chi connectivity index (χ4v) is 3.07. The number of nitrogens with one attached hydrogen (secondary N) is 1. The van der Waals surface area contributed by atoms with Crippen LogP contribution in [0.2, 0.25) is 0 Å². The number of aryl methyl sites for hydroxylation is 2. The lowest BCUT2D eigenvalue weighted by atomic mass is 9.99. The van der Waals surface area contributed by atoms with Gasteiger partial charge in [0.25, 0.3) is 0 Å². The molecule has 0 aliphatic carbocycles. The third kappa shape index (κ3) is 2.41. The standard InChI is InChI=1S/C12H16BrNO/c1-8-5-9(2)12(10(13)6-8)11-7-15-4-3-14-11/h5-6,11,14H,3-4,7H2,1-2H3. The summed E-state index contributed by atoms with van der Waals surface area (Å²) >= 11 is 3.64. The van der Waals surface area contributed by atoms with Crippen molar-refractivity contribution in [3.05, 3.63) is 33.3 Å². The van der Waals surface area contributed by atoms with Gasteiger partial charge in [-0.1, -0.05) is 22.0 Å². The second-order valence-corrected chi connectivity index (χ2v) is 4.91. The van der Waals surface area contributed by atoms with Gasteiger partial charge in [0.2, 0.25) is 0 Å². The molecule has 1 heterocycles. The number of ether oxygens (including phenoxy) is 1. The van der Waals surface area contributed by atoms with E-state index < -0.39 is 0 Å². The Morgan fingerprint density at radius 1 is 1.40 bits per heavy atom. The molecule has 1 aromatic rings. The smallest absolute Gasteiger partial charge is 0.0662 e. The SMILES string of the molecule is Cc1cc(C)c(C2COCCN2)c(Br)c1. The summed E-state index contributed by atoms with van der Waals surface area (Å²) in [5.74, 6) is 0. The van der Waals surface area contributed by atoms with E-state index >= 15 is 0 Å². The molecule has 0 bridgehead atoms. The van der Waals surface area contributed by atoms with Gasteiger partial charge in [-0.05, 0) is 36.6 Å². The second-order valence-electron chi connectivity index (χ2n) is 4.06. The lowest BCUT2D eigenvalue weighted by Crippen LogP contribution is -2.35. The first kappa shape index (κ1) is 11.1. The third-order valence-corrected chi connectivity index (χ3v) is 3.41. The van der Waals surface area contributed by atoms with Crippen LogP contribution in [-0.2, 0) is 4.74 Å². The molecule has 0 amide bonds. The normalized spacial score (nSPS) is 21.7. The lowest BCUT2D eigenvalue weighted by Gasteiger charge is -2.26. The molecule has 15 heavy (non-hydrogen) atoms. The van der Waals surface area contributed by atoms with Gasteiger partial charge in [-0.25, -0.2) is 0 Å². The van der Waals surface area contributed by atoms with Gasteiger partial charge in [-0.2, -0.15) is 0 Å². The lowest BCUT2D eigenvalue weighted by molar-refractivity contribution is 0.0765. The van der Waals surface area contributed by atoms with Gasteiger partial charge >= 0.3 is 0 Å². The molecule has 1 unspecified atom stereocenters. The van der Waals surface area contributed by atoms with Crippen LogP contribution < -0.4 is 5.32 Å². The Morgan fingerprint density at radius 3 is 2.80 bits per heavy atom. The van der Waals surface area contributed by atoms with E-state index in [9.17, 15) is 0 Å². The highest BCUT2D eigenvalue weighted by molar-refractivity contribution is 9.10. The Kier molecular flexibility index (Phi) is 3.44. The van der Waals surface area contributed by atoms with Crippen molar-refractivity contribution in [2.45, 2.75) is 19.9 Å². The van der Waals surface area contributed by atoms with Crippen LogP contribution in [0.25, 0.3) is 0 Å². The number of halogens is 1. The molecule has 0 saturated carbocycles. The van der Waals surface area contributed by atoms with Crippen LogP contribution in [0.1, 0.15) is 22.7 Å². The summed E-state index contributed by atoms with van der Waals surface area (Å²) in [4.78, 5) is 0. The average Bonchev–Trinajstić information content (AvgIpc) is 2.17. The molecule has 2 nitrogen and oxygen atoms in total. The van der Waals surface area contributed by atoms with E-state index in [1.807, 2.05) is 0 Å². The Hall–Kier alpha value is -0.380. The molecule has 1 aromatic carbocycles. The minimum atomic E-state index is 0.328. The van der Waals surface area contributed by atoms with Crippen molar-refractivity contribution in [1.82, 2.24) is 5.32 Å². The molecule has 1 aliphatic rings. The van der Waals surface area contributed by atoms with E-state index in [2.05, 4.69) is 47.2 Å². The number of benzene rings is 1. The van der Waals surface area contributed by atoms with Crippen LogP contribution in [0, 0.1) is 13.8 Å². The Morgan fingerprint density at radius 2 is 2.20 bits per heavy atom. The summed E-state index contributed by atoms with van der Waals surface area (Å²) in [5, 5.41) is 3.48. The zero-order chi connectivity index (χ0) is 10.8. The predicted octanol–water partition coefficient (Wildman–Crippen LogP) is 2.73. The number of rotatable bonds is 1. The first-order valence-electron chi connectivity index (χ1n) is 5.26. The topological polar surface area (TPSA) is 21.3 Å². The first-order valence-corrected chi connectivity index (χ1v) is 6.05. The van der Waals surface area contributed by atoms with Crippen molar-refractivity contribution in [2.24, 2.45) is 0 Å². The predicted molar refractivity (Wildman–Crippen MR) is 65.2 cm³/mol. The molecule has 82 valence electrons. The summed E-state index contributed by atoms with van der Waals surface area (Å²) in [6.07, 6.45) is 0. The van der Waals surface area contributed by atoms with E-state index in [0.717, 1.165) is 19.8 Å². The minimum Gasteiger partial charge on any atom is -0.378 e. The van der Waals surface area contributed by atoms with Crippen molar-refractivity contribution in [2.75, 3.05) is 19.8 Å². The van der Waals surface area contributed by atoms with Crippen molar-refractivity contribution in [1.29, 1.82) is 0 Å². The maximum Gasteiger partial charge on any atom is 0.0662 e. The number of morpholine rings is 1. The fraction of sp³-hybridized carbons (Fsp3) is 0.500. The summed E-state index contributed by atoms with van der Waals surface area (Å²) in [5.41, 5.74) is 3.95. The van der Waals surface area contributed by atoms with Crippen LogP contribution in [-0.4, -0.2) is 19.8 Å². The molecule has 0 spiro atoms. The summed E-state index contributed by atoms with van der Waals surface area (Å²) in [7, 11) is 0. The maximum atomic E-state index is 5.49. The highest BCUT2D eigenvalue weighted by Gasteiger charge is 2.19. The quantitative estimate of drug-likeness (QED) is 0.847. The first-order chi connectivity index (χ1) is 7.18. The van der Waals surface area contributed by atoms with Gasteiger partial charge in [-0.3, -0.25) is 0 Å². The van der Waals surface area contributed by atoms with Crippen molar-refractivity contribution < 1.29 is 4.74 Å². The van der Waals surface area contributed by atoms with E-state index in [1.165, 1.54) is 21.2 Å². The zero-order valence-electron chi connectivity index (χ0n) is 9.14. The molecule has 1 saturated heterocycles. The highest BCUT2D eigenvalue weighted by atomic mass is 79.9. The Balaban J connectivity index is 2.33. The molecule has 1 N–H and O–H groups in total. The number of hydrogen-bond donors (Lipinski definition) is 1. The molecule has 1 atom stereocenters. The summed E-state index contributed by atoms with van der Waals surface area (Å²) in [6, 6.07) is 4.71. The summed E-state index contributed by atoms with van der Waals surface area (Å²) < 4.78 is 6.68. The maximum absolute atomic E-state index is 5.49. The van der Waals surface area contributed by atoms with Crippen LogP contribution in [0.5, 0.6) is 0 Å². The van der Waals surface area contributed by atoms with Crippen molar-refractivity contribution >= 4 is 15.9 Å². The van der Waals surface area contributed by atoms with Gasteiger partial charge in [0.15, 0.2) is 0 Å². The van der Waals surface area contributed by atoms with Gasteiger partial charge in [0, 0.05) is 11.0 Å². The van der Waals surface area contributed by atoms with Crippen molar-refractivity contribution in [3.8, 4) is 0 Å². The molecule has 1 fully saturated rings.